The Morgan fingerprint density at radius 3 is 2.00 bits per heavy atom. The lowest BCUT2D eigenvalue weighted by Gasteiger charge is -2.46. The maximum Gasteiger partial charge on any atom is 0.309 e. The molecular weight excluding hydrogens is 342 g/mol. The van der Waals surface area contributed by atoms with E-state index in [2.05, 4.69) is 4.90 Å². The summed E-state index contributed by atoms with van der Waals surface area (Å²) in [6.07, 6.45) is 6.22. The molecule has 4 bridgehead atoms. The molecule has 2 heterocycles. The zero-order valence-electron chi connectivity index (χ0n) is 15.6. The topological polar surface area (TPSA) is 77.8 Å². The molecule has 4 aliphatic rings. The van der Waals surface area contributed by atoms with Crippen LogP contribution < -0.4 is 0 Å². The van der Waals surface area contributed by atoms with Gasteiger partial charge >= 0.3 is 5.97 Å². The van der Waals surface area contributed by atoms with Crippen molar-refractivity contribution in [1.29, 1.82) is 0 Å². The highest BCUT2D eigenvalue weighted by Crippen LogP contribution is 2.63. The van der Waals surface area contributed by atoms with E-state index in [1.54, 1.807) is 0 Å². The molecule has 2 aliphatic carbocycles. The van der Waals surface area contributed by atoms with E-state index < -0.39 is 22.4 Å². The number of nitrogens with zero attached hydrogens (tertiary/aromatic N) is 1. The number of aliphatic hydroxyl groups is 1. The lowest BCUT2D eigenvalue weighted by Crippen LogP contribution is -2.55. The first kappa shape index (κ1) is 17.2. The highest BCUT2D eigenvalue weighted by Gasteiger charge is 2.64. The number of amides is 1. The zero-order valence-corrected chi connectivity index (χ0v) is 15.6. The van der Waals surface area contributed by atoms with E-state index in [0.717, 1.165) is 18.4 Å². The molecule has 2 aliphatic heterocycles. The Kier molecular flexibility index (Phi) is 3.55. The molecule has 1 aromatic carbocycles. The summed E-state index contributed by atoms with van der Waals surface area (Å²) < 4.78 is 0. The van der Waals surface area contributed by atoms with E-state index in [4.69, 9.17) is 0 Å². The summed E-state index contributed by atoms with van der Waals surface area (Å²) in [5.74, 6) is -0.555. The number of hydrogen-bond acceptors (Lipinski definition) is 3. The molecule has 144 valence electrons. The molecule has 2 saturated carbocycles. The number of carbonyl (C=O) groups is 2. The Labute approximate surface area is 159 Å². The number of carboxylic acid groups (broad SMARTS) is 1. The Hall–Kier alpha value is -1.88. The van der Waals surface area contributed by atoms with E-state index in [1.165, 1.54) is 0 Å². The van der Waals surface area contributed by atoms with Crippen LogP contribution in [0.4, 0.5) is 0 Å². The molecule has 2 atom stereocenters. The fourth-order valence-electron chi connectivity index (χ4n) is 6.60. The summed E-state index contributed by atoms with van der Waals surface area (Å²) >= 11 is 0. The van der Waals surface area contributed by atoms with Crippen LogP contribution in [0, 0.1) is 10.8 Å². The third kappa shape index (κ3) is 2.33. The van der Waals surface area contributed by atoms with Gasteiger partial charge in [-0.3, -0.25) is 9.59 Å². The fraction of sp³-hybridized carbons (Fsp3) is 0.636. The molecule has 0 aromatic heterocycles. The van der Waals surface area contributed by atoms with Crippen molar-refractivity contribution in [1.82, 2.24) is 4.90 Å². The highest BCUT2D eigenvalue weighted by molar-refractivity contribution is 5.88. The number of fused-ring (bicyclic) bond motifs is 4. The number of carboxylic acids is 1. The molecule has 5 nitrogen and oxygen atoms in total. The van der Waals surface area contributed by atoms with Crippen LogP contribution >= 0.6 is 0 Å². The number of aliphatic carboxylic acids is 1. The minimum Gasteiger partial charge on any atom is -0.481 e. The van der Waals surface area contributed by atoms with Crippen LogP contribution in [0.2, 0.25) is 0 Å². The molecule has 5 rings (SSSR count). The van der Waals surface area contributed by atoms with E-state index in [0.29, 0.717) is 44.9 Å². The van der Waals surface area contributed by atoms with E-state index >= 15 is 0 Å². The van der Waals surface area contributed by atoms with Gasteiger partial charge < -0.3 is 15.1 Å². The first-order chi connectivity index (χ1) is 12.9. The second-order valence-electron chi connectivity index (χ2n) is 9.45. The number of hydrogen-bond donors (Lipinski definition) is 2. The van der Waals surface area contributed by atoms with Gasteiger partial charge in [-0.2, -0.15) is 0 Å². The predicted molar refractivity (Wildman–Crippen MR) is 98.8 cm³/mol. The van der Waals surface area contributed by atoms with Crippen molar-refractivity contribution >= 4 is 11.9 Å². The Morgan fingerprint density at radius 2 is 1.48 bits per heavy atom. The molecule has 2 N–H and O–H groups in total. The fourth-order valence-corrected chi connectivity index (χ4v) is 6.60. The SMILES string of the molecule is O=C(O)C12CCC(C(=O)N3C4CCC3CC(O)(c3ccccc3)C4)(CC1)C2. The summed E-state index contributed by atoms with van der Waals surface area (Å²) in [4.78, 5) is 27.4. The van der Waals surface area contributed by atoms with Crippen molar-refractivity contribution in [2.75, 3.05) is 0 Å². The van der Waals surface area contributed by atoms with Gasteiger partial charge in [0.15, 0.2) is 0 Å². The summed E-state index contributed by atoms with van der Waals surface area (Å²) in [7, 11) is 0. The number of piperidine rings is 1. The lowest BCUT2D eigenvalue weighted by molar-refractivity contribution is -0.152. The van der Waals surface area contributed by atoms with Crippen LogP contribution in [0.5, 0.6) is 0 Å². The average molecular weight is 369 g/mol. The Morgan fingerprint density at radius 1 is 0.926 bits per heavy atom. The molecule has 1 amide bonds. The quantitative estimate of drug-likeness (QED) is 0.858. The predicted octanol–water partition coefficient (Wildman–Crippen LogP) is 3.06. The van der Waals surface area contributed by atoms with Crippen molar-refractivity contribution in [3.05, 3.63) is 35.9 Å². The van der Waals surface area contributed by atoms with Gasteiger partial charge in [0.25, 0.3) is 0 Å². The van der Waals surface area contributed by atoms with E-state index in [1.807, 2.05) is 30.3 Å². The third-order valence-electron chi connectivity index (χ3n) is 8.06. The third-order valence-corrected chi connectivity index (χ3v) is 8.06. The molecule has 2 saturated heterocycles. The van der Waals surface area contributed by atoms with E-state index in [-0.39, 0.29) is 18.0 Å². The Balaban J connectivity index is 1.39. The number of carbonyl (C=O) groups excluding carboxylic acids is 1. The van der Waals surface area contributed by atoms with Crippen molar-refractivity contribution in [2.24, 2.45) is 10.8 Å². The normalized spacial score (nSPS) is 42.5. The molecule has 5 heteroatoms. The first-order valence-electron chi connectivity index (χ1n) is 10.2. The zero-order chi connectivity index (χ0) is 18.9. The van der Waals surface area contributed by atoms with Crippen LogP contribution in [0.3, 0.4) is 0 Å². The van der Waals surface area contributed by atoms with Crippen LogP contribution in [0.25, 0.3) is 0 Å². The van der Waals surface area contributed by atoms with Gasteiger partial charge in [-0.05, 0) is 50.5 Å². The monoisotopic (exact) mass is 369 g/mol. The Bertz CT molecular complexity index is 767. The summed E-state index contributed by atoms with van der Waals surface area (Å²) in [6.45, 7) is 0. The molecule has 1 aromatic rings. The smallest absolute Gasteiger partial charge is 0.309 e. The van der Waals surface area contributed by atoms with Crippen molar-refractivity contribution in [3.8, 4) is 0 Å². The van der Waals surface area contributed by atoms with E-state index in [9.17, 15) is 19.8 Å². The summed E-state index contributed by atoms with van der Waals surface area (Å²) in [6, 6.07) is 9.94. The minimum absolute atomic E-state index is 0.0660. The van der Waals surface area contributed by atoms with Crippen LogP contribution in [-0.4, -0.2) is 39.1 Å². The van der Waals surface area contributed by atoms with Gasteiger partial charge in [0.1, 0.15) is 0 Å². The molecule has 2 unspecified atom stereocenters. The van der Waals surface area contributed by atoms with Gasteiger partial charge in [-0.15, -0.1) is 0 Å². The number of rotatable bonds is 3. The molecular formula is C22H27NO4. The van der Waals surface area contributed by atoms with Crippen LogP contribution in [0.1, 0.15) is 63.4 Å². The number of benzene rings is 1. The van der Waals surface area contributed by atoms with Crippen molar-refractivity contribution in [3.63, 3.8) is 0 Å². The van der Waals surface area contributed by atoms with Crippen LogP contribution in [0.15, 0.2) is 30.3 Å². The lowest BCUT2D eigenvalue weighted by atomic mass is 9.77. The highest BCUT2D eigenvalue weighted by atomic mass is 16.4. The standard InChI is InChI=1S/C22H27NO4/c24-18(20-8-10-21(14-20,11-9-20)19(25)26)23-16-6-7-17(23)13-22(27,12-16)15-4-2-1-3-5-15/h1-5,16-17,27H,6-14H2,(H,25,26). The molecule has 4 fully saturated rings. The van der Waals surface area contributed by atoms with Crippen molar-refractivity contribution < 1.29 is 19.8 Å². The maximum absolute atomic E-state index is 13.6. The van der Waals surface area contributed by atoms with Gasteiger partial charge in [0.05, 0.1) is 16.4 Å². The maximum atomic E-state index is 13.6. The molecule has 0 spiro atoms. The van der Waals surface area contributed by atoms with Gasteiger partial charge in [-0.1, -0.05) is 30.3 Å². The minimum atomic E-state index is -0.863. The van der Waals surface area contributed by atoms with Gasteiger partial charge in [-0.25, -0.2) is 0 Å². The van der Waals surface area contributed by atoms with Crippen LogP contribution in [-0.2, 0) is 15.2 Å². The summed E-state index contributed by atoms with van der Waals surface area (Å²) in [5, 5.41) is 21.0. The largest absolute Gasteiger partial charge is 0.481 e. The molecule has 27 heavy (non-hydrogen) atoms. The second-order valence-corrected chi connectivity index (χ2v) is 9.45. The second kappa shape index (κ2) is 5.57. The molecule has 0 radical (unpaired) electrons. The summed E-state index contributed by atoms with van der Waals surface area (Å²) in [5.41, 5.74) is -1.06. The van der Waals surface area contributed by atoms with Gasteiger partial charge in [0.2, 0.25) is 5.91 Å². The van der Waals surface area contributed by atoms with Crippen molar-refractivity contribution in [2.45, 2.75) is 75.5 Å². The average Bonchev–Trinajstić information content (AvgIpc) is 3.33. The van der Waals surface area contributed by atoms with Gasteiger partial charge in [0, 0.05) is 24.9 Å². The first-order valence-corrected chi connectivity index (χ1v) is 10.2.